The predicted octanol–water partition coefficient (Wildman–Crippen LogP) is 25.8. The first kappa shape index (κ1) is 95.9. The quantitative estimate of drug-likeness (QED) is 0.0195. The number of carbonyl (C=O) groups is 3. The first-order valence-corrected chi connectivity index (χ1v) is 41.6. The number of rotatable bonds is 76. The third kappa shape index (κ3) is 82.1. The molecule has 0 aliphatic rings. The van der Waals surface area contributed by atoms with E-state index in [0.717, 1.165) is 109 Å². The highest BCUT2D eigenvalue weighted by atomic mass is 16.7. The van der Waals surface area contributed by atoms with E-state index >= 15 is 0 Å². The van der Waals surface area contributed by atoms with Crippen LogP contribution in [0, 0.1) is 0 Å². The van der Waals surface area contributed by atoms with Crippen LogP contribution in [0.1, 0.15) is 348 Å². The maximum absolute atomic E-state index is 13.0. The lowest BCUT2D eigenvalue weighted by atomic mass is 10.0. The number of carbonyl (C=O) groups excluding carboxylic acids is 3. The highest BCUT2D eigenvalue weighted by Crippen LogP contribution is 2.18. The molecule has 0 N–H and O–H groups in total. The van der Waals surface area contributed by atoms with E-state index in [4.69, 9.17) is 18.9 Å². The van der Waals surface area contributed by atoms with Gasteiger partial charge in [-0.1, -0.05) is 364 Å². The van der Waals surface area contributed by atoms with Crippen LogP contribution >= 0.6 is 0 Å². The van der Waals surface area contributed by atoms with Crippen molar-refractivity contribution in [2.45, 2.75) is 360 Å². The normalized spacial score (nSPS) is 13.5. The van der Waals surface area contributed by atoms with E-state index in [1.807, 2.05) is 21.1 Å². The minimum Gasteiger partial charge on any atom is -0.545 e. The van der Waals surface area contributed by atoms with Crippen LogP contribution in [0.15, 0.2) is 158 Å². The van der Waals surface area contributed by atoms with Crippen LogP contribution in [-0.2, 0) is 33.3 Å². The SMILES string of the molecule is CC/C=C\C/C=C\C/C=C\C/C=C\C/C=C\C/C=C\C/C=C\C/C=C\C/C=C\C/C=C\C/C=C\C/C=C\CCCCC(=O)OC(COC(=O)CCCCCCCCCCCCCCCCCCCCCCCCCCC/C=C\CCCCCCCCCC)COC(OCC[N+](C)(C)C)C(=O)[O-]. The van der Waals surface area contributed by atoms with Crippen molar-refractivity contribution in [2.75, 3.05) is 47.5 Å². The van der Waals surface area contributed by atoms with Gasteiger partial charge in [0.05, 0.1) is 40.3 Å². The molecule has 0 aliphatic heterocycles. The fourth-order valence-electron chi connectivity index (χ4n) is 11.5. The maximum atomic E-state index is 13.0. The Bertz CT molecular complexity index is 2230. The highest BCUT2D eigenvalue weighted by Gasteiger charge is 2.22. The summed E-state index contributed by atoms with van der Waals surface area (Å²) in [6, 6.07) is 0. The van der Waals surface area contributed by atoms with E-state index in [-0.39, 0.29) is 38.6 Å². The number of carboxylic acids is 1. The van der Waals surface area contributed by atoms with Crippen molar-refractivity contribution >= 4 is 17.9 Å². The van der Waals surface area contributed by atoms with Gasteiger partial charge in [-0.3, -0.25) is 9.59 Å². The number of nitrogens with zero attached hydrogens (tertiary/aromatic N) is 1. The number of esters is 2. The molecule has 0 bridgehead atoms. The Morgan fingerprint density at radius 3 is 0.871 bits per heavy atom. The topological polar surface area (TPSA) is 111 Å². The number of likely N-dealkylation sites (N-methyl/N-ethyl adjacent to an activating group) is 1. The van der Waals surface area contributed by atoms with Gasteiger partial charge in [0, 0.05) is 12.8 Å². The number of quaternary nitrogens is 1. The monoisotopic (exact) mass is 1400 g/mol. The van der Waals surface area contributed by atoms with Crippen LogP contribution in [0.5, 0.6) is 0 Å². The Morgan fingerprint density at radius 2 is 0.564 bits per heavy atom. The molecule has 0 saturated carbocycles. The molecule has 576 valence electrons. The van der Waals surface area contributed by atoms with E-state index in [9.17, 15) is 19.5 Å². The summed E-state index contributed by atoms with van der Waals surface area (Å²) in [5.41, 5.74) is 0. The van der Waals surface area contributed by atoms with E-state index in [1.54, 1.807) is 0 Å². The fourth-order valence-corrected chi connectivity index (χ4v) is 11.5. The summed E-state index contributed by atoms with van der Waals surface area (Å²) in [6.07, 6.45) is 117. The summed E-state index contributed by atoms with van der Waals surface area (Å²) in [4.78, 5) is 37.6. The zero-order valence-electron chi connectivity index (χ0n) is 66.0. The minimum atomic E-state index is -1.64. The molecule has 0 aliphatic carbocycles. The van der Waals surface area contributed by atoms with Crippen molar-refractivity contribution in [3.8, 4) is 0 Å². The van der Waals surface area contributed by atoms with Gasteiger partial charge in [-0.15, -0.1) is 0 Å². The molecule has 0 fully saturated rings. The van der Waals surface area contributed by atoms with Crippen LogP contribution < -0.4 is 5.11 Å². The van der Waals surface area contributed by atoms with Crippen LogP contribution in [0.4, 0.5) is 0 Å². The summed E-state index contributed by atoms with van der Waals surface area (Å²) >= 11 is 0. The number of ether oxygens (including phenoxy) is 4. The highest BCUT2D eigenvalue weighted by molar-refractivity contribution is 5.70. The standard InChI is InChI=1S/C92H155NO8/c1-6-8-10-12-14-16-18-20-22-24-26-28-30-32-34-36-38-40-42-44-45-47-49-51-53-55-57-59-61-63-65-67-69-71-73-75-77-79-81-83-90(95)101-88(87-100-92(91(96)97)98-85-84-93(3,4)5)86-99-89(94)82-80-78-76-74-72-70-68-66-64-62-60-58-56-54-52-50-48-46-43-41-39-37-35-33-31-29-27-25-23-21-19-17-15-13-11-9-7-2/h8,10,14,16,20,22,25-28,32,34,38,40,44-45,49,51,55,57,61,63,67,69,73,75,88,92H,6-7,9,11-13,15,17-19,21,23-24,29-31,33,35-37,39,41-43,46-48,50,52-54,56,58-60,62,64-66,68,70-72,74,76-87H2,1-5H3/b10-8-,16-14-,22-20-,27-25-,28-26-,34-32-,40-38-,45-44-,51-49-,57-55-,63-61-,69-67-,75-73-. The zero-order chi connectivity index (χ0) is 73.2. The van der Waals surface area contributed by atoms with Gasteiger partial charge in [-0.05, 0) is 128 Å². The summed E-state index contributed by atoms with van der Waals surface area (Å²) in [7, 11) is 5.92. The summed E-state index contributed by atoms with van der Waals surface area (Å²) in [5, 5.41) is 11.9. The van der Waals surface area contributed by atoms with Crippen molar-refractivity contribution in [3.63, 3.8) is 0 Å². The van der Waals surface area contributed by atoms with Gasteiger partial charge in [-0.2, -0.15) is 0 Å². The molecule has 2 unspecified atom stereocenters. The van der Waals surface area contributed by atoms with Crippen LogP contribution in [0.3, 0.4) is 0 Å². The Hall–Kier alpha value is -5.09. The molecular formula is C92H155NO8. The first-order chi connectivity index (χ1) is 49.6. The molecule has 0 aromatic carbocycles. The first-order valence-electron chi connectivity index (χ1n) is 41.6. The van der Waals surface area contributed by atoms with Gasteiger partial charge in [0.2, 0.25) is 0 Å². The zero-order valence-corrected chi connectivity index (χ0v) is 66.0. The minimum absolute atomic E-state index is 0.132. The molecule has 0 heterocycles. The van der Waals surface area contributed by atoms with Gasteiger partial charge in [0.1, 0.15) is 13.2 Å². The average molecular weight is 1400 g/mol. The predicted molar refractivity (Wildman–Crippen MR) is 435 cm³/mol. The number of hydrogen-bond acceptors (Lipinski definition) is 8. The number of allylic oxidation sites excluding steroid dienone is 26. The van der Waals surface area contributed by atoms with Crippen molar-refractivity contribution in [1.82, 2.24) is 0 Å². The summed E-state index contributed by atoms with van der Waals surface area (Å²) < 4.78 is 22.8. The lowest BCUT2D eigenvalue weighted by molar-refractivity contribution is -0.870. The third-order valence-electron chi connectivity index (χ3n) is 17.8. The van der Waals surface area contributed by atoms with E-state index < -0.39 is 24.3 Å². The van der Waals surface area contributed by atoms with Crippen molar-refractivity contribution in [3.05, 3.63) is 158 Å². The molecule has 0 aromatic heterocycles. The third-order valence-corrected chi connectivity index (χ3v) is 17.8. The number of aliphatic carboxylic acids is 1. The molecular weight excluding hydrogens is 1250 g/mol. The van der Waals surface area contributed by atoms with Gasteiger partial charge in [0.15, 0.2) is 12.4 Å². The van der Waals surface area contributed by atoms with Crippen LogP contribution in [0.25, 0.3) is 0 Å². The smallest absolute Gasteiger partial charge is 0.306 e. The molecule has 0 radical (unpaired) electrons. The Kier molecular flexibility index (Phi) is 76.5. The molecule has 0 saturated heterocycles. The van der Waals surface area contributed by atoms with Crippen molar-refractivity contribution in [1.29, 1.82) is 0 Å². The number of carboxylic acid groups (broad SMARTS) is 1. The second-order valence-electron chi connectivity index (χ2n) is 28.7. The van der Waals surface area contributed by atoms with Crippen molar-refractivity contribution in [2.24, 2.45) is 0 Å². The lowest BCUT2D eigenvalue weighted by Crippen LogP contribution is -2.44. The largest absolute Gasteiger partial charge is 0.545 e. The van der Waals surface area contributed by atoms with Crippen LogP contribution in [0.2, 0.25) is 0 Å². The van der Waals surface area contributed by atoms with Crippen LogP contribution in [-0.4, -0.2) is 82.3 Å². The van der Waals surface area contributed by atoms with E-state index in [1.165, 1.54) is 205 Å². The molecule has 0 rings (SSSR count). The van der Waals surface area contributed by atoms with Gasteiger partial charge >= 0.3 is 11.9 Å². The molecule has 9 heteroatoms. The molecule has 0 spiro atoms. The lowest BCUT2D eigenvalue weighted by Gasteiger charge is -2.26. The molecule has 101 heavy (non-hydrogen) atoms. The van der Waals surface area contributed by atoms with Crippen molar-refractivity contribution < 1.29 is 42.9 Å². The van der Waals surface area contributed by atoms with Gasteiger partial charge < -0.3 is 33.3 Å². The van der Waals surface area contributed by atoms with Gasteiger partial charge in [-0.25, -0.2) is 0 Å². The Balaban J connectivity index is 4.12. The van der Waals surface area contributed by atoms with E-state index in [2.05, 4.69) is 172 Å². The second kappa shape index (κ2) is 80.6. The number of unbranched alkanes of at least 4 members (excludes halogenated alkanes) is 35. The number of hydrogen-bond donors (Lipinski definition) is 0. The fraction of sp³-hybridized carbons (Fsp3) is 0.685. The van der Waals surface area contributed by atoms with Gasteiger partial charge in [0.25, 0.3) is 0 Å². The molecule has 9 nitrogen and oxygen atoms in total. The molecule has 0 amide bonds. The van der Waals surface area contributed by atoms with E-state index in [0.29, 0.717) is 17.4 Å². The Morgan fingerprint density at radius 1 is 0.307 bits per heavy atom. The Labute approximate surface area is 623 Å². The molecule has 0 aromatic rings. The summed E-state index contributed by atoms with van der Waals surface area (Å²) in [6.45, 7) is 4.60. The second-order valence-corrected chi connectivity index (χ2v) is 28.7. The average Bonchev–Trinajstić information content (AvgIpc) is 1.21. The maximum Gasteiger partial charge on any atom is 0.306 e. The summed E-state index contributed by atoms with van der Waals surface area (Å²) in [5.74, 6) is -2.34. The molecule has 2 atom stereocenters.